The van der Waals surface area contributed by atoms with Crippen molar-refractivity contribution in [2.75, 3.05) is 6.61 Å². The van der Waals surface area contributed by atoms with Gasteiger partial charge in [0.2, 0.25) is 0 Å². The Labute approximate surface area is 79.7 Å². The first-order valence-electron chi connectivity index (χ1n) is 5.48. The topological polar surface area (TPSA) is 26.3 Å². The van der Waals surface area contributed by atoms with Gasteiger partial charge in [-0.05, 0) is 38.0 Å². The molecule has 2 fully saturated rings. The van der Waals surface area contributed by atoms with Gasteiger partial charge >= 0.3 is 0 Å². The first-order valence-corrected chi connectivity index (χ1v) is 5.48. The molecule has 1 saturated heterocycles. The van der Waals surface area contributed by atoms with E-state index in [9.17, 15) is 4.79 Å². The summed E-state index contributed by atoms with van der Waals surface area (Å²) in [5.41, 5.74) is 0. The van der Waals surface area contributed by atoms with Crippen molar-refractivity contribution in [3.8, 4) is 0 Å². The summed E-state index contributed by atoms with van der Waals surface area (Å²) in [4.78, 5) is 10.8. The summed E-state index contributed by atoms with van der Waals surface area (Å²) in [7, 11) is 0. The predicted octanol–water partition coefficient (Wildman–Crippen LogP) is 2.17. The predicted molar refractivity (Wildman–Crippen MR) is 50.5 cm³/mol. The quantitative estimate of drug-likeness (QED) is 0.612. The lowest BCUT2D eigenvalue weighted by Gasteiger charge is -2.29. The number of hydrogen-bond acceptors (Lipinski definition) is 2. The minimum Gasteiger partial charge on any atom is -0.378 e. The van der Waals surface area contributed by atoms with E-state index in [1.807, 2.05) is 0 Å². The van der Waals surface area contributed by atoms with E-state index in [-0.39, 0.29) is 0 Å². The monoisotopic (exact) mass is 182 g/mol. The maximum atomic E-state index is 10.8. The molecule has 1 heterocycles. The highest BCUT2D eigenvalue weighted by atomic mass is 16.5. The number of ether oxygens (including phenoxy) is 1. The Morgan fingerprint density at radius 2 is 2.00 bits per heavy atom. The normalized spacial score (nSPS) is 40.5. The molecule has 0 amide bonds. The van der Waals surface area contributed by atoms with Gasteiger partial charge in [0.05, 0.1) is 6.10 Å². The summed E-state index contributed by atoms with van der Waals surface area (Å²) in [6, 6.07) is 0. The zero-order chi connectivity index (χ0) is 9.10. The first kappa shape index (κ1) is 9.20. The molecule has 2 rings (SSSR count). The van der Waals surface area contributed by atoms with Crippen molar-refractivity contribution in [2.24, 2.45) is 11.8 Å². The Morgan fingerprint density at radius 3 is 2.69 bits per heavy atom. The smallest absolute Gasteiger partial charge is 0.123 e. The molecule has 13 heavy (non-hydrogen) atoms. The summed E-state index contributed by atoms with van der Waals surface area (Å²) >= 11 is 0. The van der Waals surface area contributed by atoms with Crippen LogP contribution in [0.2, 0.25) is 0 Å². The third kappa shape index (κ3) is 1.93. The maximum Gasteiger partial charge on any atom is 0.123 e. The highest BCUT2D eigenvalue weighted by Crippen LogP contribution is 2.36. The van der Waals surface area contributed by atoms with Crippen molar-refractivity contribution in [2.45, 2.75) is 44.6 Å². The fraction of sp³-hybridized carbons (Fsp3) is 0.909. The summed E-state index contributed by atoms with van der Waals surface area (Å²) in [6.07, 6.45) is 8.72. The van der Waals surface area contributed by atoms with Crippen molar-refractivity contribution >= 4 is 6.29 Å². The zero-order valence-corrected chi connectivity index (χ0v) is 8.08. The van der Waals surface area contributed by atoms with Gasteiger partial charge in [-0.25, -0.2) is 0 Å². The lowest BCUT2D eigenvalue weighted by atomic mass is 9.88. The Morgan fingerprint density at radius 1 is 1.08 bits per heavy atom. The minimum atomic E-state index is 0.295. The fourth-order valence-corrected chi connectivity index (χ4v) is 2.75. The van der Waals surface area contributed by atoms with Gasteiger partial charge < -0.3 is 9.53 Å². The van der Waals surface area contributed by atoms with Crippen LogP contribution in [0.25, 0.3) is 0 Å². The van der Waals surface area contributed by atoms with Crippen LogP contribution in [0.5, 0.6) is 0 Å². The highest BCUT2D eigenvalue weighted by molar-refractivity contribution is 5.54. The number of carbonyl (C=O) groups excluding carboxylic acids is 1. The van der Waals surface area contributed by atoms with E-state index >= 15 is 0 Å². The highest BCUT2D eigenvalue weighted by Gasteiger charge is 2.34. The molecule has 2 aliphatic rings. The number of hydrogen-bond donors (Lipinski definition) is 0. The average Bonchev–Trinajstić information content (AvgIpc) is 2.67. The maximum absolute atomic E-state index is 10.8. The third-order valence-corrected chi connectivity index (χ3v) is 3.49. The Hall–Kier alpha value is -0.370. The number of rotatable bonds is 2. The zero-order valence-electron chi connectivity index (χ0n) is 8.08. The van der Waals surface area contributed by atoms with Gasteiger partial charge in [-0.2, -0.15) is 0 Å². The summed E-state index contributed by atoms with van der Waals surface area (Å²) in [5.74, 6) is 0.834. The lowest BCUT2D eigenvalue weighted by Crippen LogP contribution is -2.30. The van der Waals surface area contributed by atoms with Gasteiger partial charge in [0.15, 0.2) is 0 Å². The molecule has 0 bridgehead atoms. The van der Waals surface area contributed by atoms with Crippen LogP contribution in [0.3, 0.4) is 0 Å². The van der Waals surface area contributed by atoms with Crippen LogP contribution in [-0.2, 0) is 9.53 Å². The van der Waals surface area contributed by atoms with Crippen LogP contribution < -0.4 is 0 Å². The second-order valence-corrected chi connectivity index (χ2v) is 4.30. The van der Waals surface area contributed by atoms with Crippen LogP contribution in [-0.4, -0.2) is 19.0 Å². The second kappa shape index (κ2) is 4.23. The van der Waals surface area contributed by atoms with E-state index in [4.69, 9.17) is 4.74 Å². The van der Waals surface area contributed by atoms with E-state index in [0.717, 1.165) is 19.3 Å². The molecule has 2 heteroatoms. The Kier molecular flexibility index (Phi) is 2.99. The number of aldehydes is 1. The van der Waals surface area contributed by atoms with E-state index in [2.05, 4.69) is 0 Å². The minimum absolute atomic E-state index is 0.295. The van der Waals surface area contributed by atoms with Gasteiger partial charge in [0, 0.05) is 12.5 Å². The SMILES string of the molecule is O=CC1CCCC1C1CCCCO1. The summed E-state index contributed by atoms with van der Waals surface area (Å²) in [6.45, 7) is 0.909. The van der Waals surface area contributed by atoms with Crippen molar-refractivity contribution < 1.29 is 9.53 Å². The van der Waals surface area contributed by atoms with Gasteiger partial charge in [-0.3, -0.25) is 0 Å². The molecule has 1 saturated carbocycles. The molecular formula is C11H18O2. The molecule has 2 nitrogen and oxygen atoms in total. The van der Waals surface area contributed by atoms with E-state index in [1.165, 1.54) is 32.1 Å². The summed E-state index contributed by atoms with van der Waals surface area (Å²) in [5, 5.41) is 0. The van der Waals surface area contributed by atoms with Gasteiger partial charge in [0.1, 0.15) is 6.29 Å². The molecule has 3 atom stereocenters. The van der Waals surface area contributed by atoms with Crippen molar-refractivity contribution in [1.82, 2.24) is 0 Å². The van der Waals surface area contributed by atoms with Crippen LogP contribution in [0.15, 0.2) is 0 Å². The van der Waals surface area contributed by atoms with Crippen LogP contribution >= 0.6 is 0 Å². The molecule has 0 aromatic rings. The Bertz CT molecular complexity index is 173. The fourth-order valence-electron chi connectivity index (χ4n) is 2.75. The second-order valence-electron chi connectivity index (χ2n) is 4.30. The van der Waals surface area contributed by atoms with Crippen LogP contribution in [0, 0.1) is 11.8 Å². The molecule has 3 unspecified atom stereocenters. The molecule has 74 valence electrons. The molecule has 0 aromatic carbocycles. The molecule has 1 aliphatic carbocycles. The van der Waals surface area contributed by atoms with E-state index in [0.29, 0.717) is 17.9 Å². The lowest BCUT2D eigenvalue weighted by molar-refractivity contribution is -0.114. The largest absolute Gasteiger partial charge is 0.378 e. The molecular weight excluding hydrogens is 164 g/mol. The molecule has 0 aromatic heterocycles. The van der Waals surface area contributed by atoms with Gasteiger partial charge in [-0.1, -0.05) is 6.42 Å². The van der Waals surface area contributed by atoms with Crippen molar-refractivity contribution in [1.29, 1.82) is 0 Å². The van der Waals surface area contributed by atoms with Crippen molar-refractivity contribution in [3.63, 3.8) is 0 Å². The standard InChI is InChI=1S/C11H18O2/c12-8-9-4-3-5-10(9)11-6-1-2-7-13-11/h8-11H,1-7H2. The molecule has 0 N–H and O–H groups in total. The molecule has 0 spiro atoms. The first-order chi connectivity index (χ1) is 6.42. The van der Waals surface area contributed by atoms with Gasteiger partial charge in [0.25, 0.3) is 0 Å². The Balaban J connectivity index is 1.93. The van der Waals surface area contributed by atoms with Gasteiger partial charge in [-0.15, -0.1) is 0 Å². The molecule has 0 radical (unpaired) electrons. The number of carbonyl (C=O) groups is 1. The molecule has 1 aliphatic heterocycles. The van der Waals surface area contributed by atoms with Crippen molar-refractivity contribution in [3.05, 3.63) is 0 Å². The van der Waals surface area contributed by atoms with Crippen LogP contribution in [0.4, 0.5) is 0 Å². The van der Waals surface area contributed by atoms with E-state index < -0.39 is 0 Å². The average molecular weight is 182 g/mol. The van der Waals surface area contributed by atoms with E-state index in [1.54, 1.807) is 0 Å². The van der Waals surface area contributed by atoms with Crippen LogP contribution in [0.1, 0.15) is 38.5 Å². The third-order valence-electron chi connectivity index (χ3n) is 3.49. The summed E-state index contributed by atoms with van der Waals surface area (Å²) < 4.78 is 5.74.